The minimum atomic E-state index is 0.722. The maximum atomic E-state index is 6.27. The van der Waals surface area contributed by atoms with Crippen LogP contribution in [-0.4, -0.2) is 28.0 Å². The van der Waals surface area contributed by atoms with Gasteiger partial charge in [-0.05, 0) is 23.3 Å². The van der Waals surface area contributed by atoms with Crippen molar-refractivity contribution in [3.05, 3.63) is 77.2 Å². The van der Waals surface area contributed by atoms with Crippen molar-refractivity contribution in [3.63, 3.8) is 0 Å². The average Bonchev–Trinajstić information content (AvgIpc) is 2.85. The van der Waals surface area contributed by atoms with Gasteiger partial charge in [0.15, 0.2) is 0 Å². The highest BCUT2D eigenvalue weighted by atomic mass is 35.5. The number of aromatic nitrogens is 2. The third-order valence-electron chi connectivity index (χ3n) is 4.45. The topological polar surface area (TPSA) is 41.1 Å². The summed E-state index contributed by atoms with van der Waals surface area (Å²) in [5.41, 5.74) is 5.63. The van der Waals surface area contributed by atoms with Crippen LogP contribution >= 0.6 is 11.6 Å². The molecular formula is C20H19ClN4. The van der Waals surface area contributed by atoms with Crippen LogP contribution in [0, 0.1) is 0 Å². The van der Waals surface area contributed by atoms with Crippen LogP contribution in [-0.2, 0) is 13.1 Å². The van der Waals surface area contributed by atoms with Crippen molar-refractivity contribution >= 4 is 17.3 Å². The number of halogens is 1. The van der Waals surface area contributed by atoms with Crippen molar-refractivity contribution in [2.24, 2.45) is 0 Å². The molecule has 1 aliphatic heterocycles. The number of nitrogens with zero attached hydrogens (tertiary/aromatic N) is 3. The van der Waals surface area contributed by atoms with E-state index in [1.807, 2.05) is 30.5 Å². The van der Waals surface area contributed by atoms with Crippen LogP contribution in [0.5, 0.6) is 0 Å². The molecule has 5 heteroatoms. The lowest BCUT2D eigenvalue weighted by molar-refractivity contribution is 0.272. The molecule has 0 saturated carbocycles. The van der Waals surface area contributed by atoms with Gasteiger partial charge in [-0.25, -0.2) is 0 Å². The molecule has 1 N–H and O–H groups in total. The molecule has 0 radical (unpaired) electrons. The molecule has 1 aromatic carbocycles. The molecule has 0 unspecified atom stereocenters. The Balaban J connectivity index is 1.60. The lowest BCUT2D eigenvalue weighted by Crippen LogP contribution is -2.25. The summed E-state index contributed by atoms with van der Waals surface area (Å²) in [7, 11) is 0. The summed E-state index contributed by atoms with van der Waals surface area (Å²) in [6.45, 7) is 3.52. The first kappa shape index (κ1) is 16.1. The quantitative estimate of drug-likeness (QED) is 0.767. The normalized spacial score (nSPS) is 14.4. The Bertz CT molecular complexity index is 867. The van der Waals surface area contributed by atoms with Crippen LogP contribution in [0.2, 0.25) is 5.02 Å². The minimum Gasteiger partial charge on any atom is -0.382 e. The Labute approximate surface area is 152 Å². The number of benzene rings is 1. The zero-order valence-electron chi connectivity index (χ0n) is 13.8. The van der Waals surface area contributed by atoms with Gasteiger partial charge in [0.25, 0.3) is 0 Å². The van der Waals surface area contributed by atoms with Crippen LogP contribution in [0.3, 0.4) is 0 Å². The predicted molar refractivity (Wildman–Crippen MR) is 102 cm³/mol. The molecule has 4 rings (SSSR count). The zero-order valence-corrected chi connectivity index (χ0v) is 14.6. The molecule has 0 fully saturated rings. The van der Waals surface area contributed by atoms with Gasteiger partial charge in [0.1, 0.15) is 0 Å². The van der Waals surface area contributed by atoms with Crippen molar-refractivity contribution in [2.75, 3.05) is 18.4 Å². The van der Waals surface area contributed by atoms with E-state index in [9.17, 15) is 0 Å². The summed E-state index contributed by atoms with van der Waals surface area (Å²) in [5, 5.41) is 4.21. The van der Waals surface area contributed by atoms with Crippen molar-refractivity contribution in [1.29, 1.82) is 0 Å². The fraction of sp³-hybridized carbons (Fsp3) is 0.200. The molecule has 0 bridgehead atoms. The standard InChI is InChI=1S/C20H19ClN4/c21-18-11-22-7-6-16(18)13-25-9-8-23-20-12-24-19(10-17(20)14-25)15-4-2-1-3-5-15/h1-7,10-12,23H,8-9,13-14H2. The number of pyridine rings is 2. The molecule has 0 saturated heterocycles. The average molecular weight is 351 g/mol. The van der Waals surface area contributed by atoms with E-state index in [0.29, 0.717) is 0 Å². The van der Waals surface area contributed by atoms with Crippen LogP contribution in [0.4, 0.5) is 5.69 Å². The lowest BCUT2D eigenvalue weighted by Gasteiger charge is -2.20. The fourth-order valence-corrected chi connectivity index (χ4v) is 3.31. The van der Waals surface area contributed by atoms with E-state index in [2.05, 4.69) is 38.4 Å². The molecule has 3 aromatic rings. The second-order valence-corrected chi connectivity index (χ2v) is 6.60. The number of fused-ring (bicyclic) bond motifs is 1. The van der Waals surface area contributed by atoms with Gasteiger partial charge in [-0.15, -0.1) is 0 Å². The maximum absolute atomic E-state index is 6.27. The molecule has 0 spiro atoms. The fourth-order valence-electron chi connectivity index (χ4n) is 3.13. The van der Waals surface area contributed by atoms with E-state index in [1.54, 1.807) is 12.4 Å². The Morgan fingerprint density at radius 2 is 2.00 bits per heavy atom. The third kappa shape index (κ3) is 3.65. The lowest BCUT2D eigenvalue weighted by atomic mass is 10.1. The number of rotatable bonds is 3. The first-order valence-electron chi connectivity index (χ1n) is 8.38. The van der Waals surface area contributed by atoms with E-state index >= 15 is 0 Å². The summed E-state index contributed by atoms with van der Waals surface area (Å²) in [6, 6.07) is 14.5. The van der Waals surface area contributed by atoms with E-state index in [-0.39, 0.29) is 0 Å². The summed E-state index contributed by atoms with van der Waals surface area (Å²) in [6.07, 6.45) is 5.45. The number of hydrogen-bond donors (Lipinski definition) is 1. The molecule has 126 valence electrons. The molecule has 2 aromatic heterocycles. The first-order chi connectivity index (χ1) is 12.3. The summed E-state index contributed by atoms with van der Waals surface area (Å²) in [4.78, 5) is 11.1. The molecule has 25 heavy (non-hydrogen) atoms. The molecule has 0 aliphatic carbocycles. The molecular weight excluding hydrogens is 332 g/mol. The Hall–Kier alpha value is -2.43. The van der Waals surface area contributed by atoms with Crippen molar-refractivity contribution in [2.45, 2.75) is 13.1 Å². The van der Waals surface area contributed by atoms with E-state index in [1.165, 1.54) is 5.56 Å². The largest absolute Gasteiger partial charge is 0.382 e. The smallest absolute Gasteiger partial charge is 0.0706 e. The number of hydrogen-bond acceptors (Lipinski definition) is 4. The van der Waals surface area contributed by atoms with E-state index in [4.69, 9.17) is 11.6 Å². The summed E-state index contributed by atoms with van der Waals surface area (Å²) < 4.78 is 0. The summed E-state index contributed by atoms with van der Waals surface area (Å²) >= 11 is 6.27. The molecule has 4 nitrogen and oxygen atoms in total. The van der Waals surface area contributed by atoms with Gasteiger partial charge in [0.05, 0.1) is 22.6 Å². The highest BCUT2D eigenvalue weighted by Gasteiger charge is 2.16. The molecule has 3 heterocycles. The molecule has 0 amide bonds. The minimum absolute atomic E-state index is 0.722. The van der Waals surface area contributed by atoms with Gasteiger partial charge in [0, 0.05) is 44.1 Å². The maximum Gasteiger partial charge on any atom is 0.0706 e. The van der Waals surface area contributed by atoms with Crippen LogP contribution in [0.1, 0.15) is 11.1 Å². The Kier molecular flexibility index (Phi) is 4.63. The third-order valence-corrected chi connectivity index (χ3v) is 4.79. The van der Waals surface area contributed by atoms with Gasteiger partial charge in [-0.3, -0.25) is 14.9 Å². The zero-order chi connectivity index (χ0) is 17.1. The number of nitrogens with one attached hydrogen (secondary N) is 1. The second-order valence-electron chi connectivity index (χ2n) is 6.20. The van der Waals surface area contributed by atoms with Crippen molar-refractivity contribution in [1.82, 2.24) is 14.9 Å². The van der Waals surface area contributed by atoms with Crippen LogP contribution in [0.25, 0.3) is 11.3 Å². The first-order valence-corrected chi connectivity index (χ1v) is 8.76. The molecule has 1 aliphatic rings. The van der Waals surface area contributed by atoms with Gasteiger partial charge in [-0.1, -0.05) is 41.9 Å². The van der Waals surface area contributed by atoms with E-state index < -0.39 is 0 Å². The Morgan fingerprint density at radius 1 is 1.12 bits per heavy atom. The summed E-state index contributed by atoms with van der Waals surface area (Å²) in [5.74, 6) is 0. The van der Waals surface area contributed by atoms with Crippen molar-refractivity contribution in [3.8, 4) is 11.3 Å². The highest BCUT2D eigenvalue weighted by molar-refractivity contribution is 6.31. The van der Waals surface area contributed by atoms with Gasteiger partial charge >= 0.3 is 0 Å². The van der Waals surface area contributed by atoms with E-state index in [0.717, 1.165) is 53.7 Å². The second kappa shape index (κ2) is 7.21. The van der Waals surface area contributed by atoms with Crippen LogP contribution < -0.4 is 5.32 Å². The van der Waals surface area contributed by atoms with Crippen molar-refractivity contribution < 1.29 is 0 Å². The monoisotopic (exact) mass is 350 g/mol. The Morgan fingerprint density at radius 3 is 2.84 bits per heavy atom. The SMILES string of the molecule is Clc1cnccc1CN1CCNc2cnc(-c3ccccc3)cc2C1. The van der Waals surface area contributed by atoms with Gasteiger partial charge in [-0.2, -0.15) is 0 Å². The predicted octanol–water partition coefficient (Wildman–Crippen LogP) is 4.22. The molecule has 0 atom stereocenters. The van der Waals surface area contributed by atoms with Crippen LogP contribution in [0.15, 0.2) is 61.1 Å². The van der Waals surface area contributed by atoms with Gasteiger partial charge in [0.2, 0.25) is 0 Å². The van der Waals surface area contributed by atoms with Gasteiger partial charge < -0.3 is 5.32 Å². The highest BCUT2D eigenvalue weighted by Crippen LogP contribution is 2.26. The number of anilines is 1.